The zero-order valence-electron chi connectivity index (χ0n) is 10.0. The monoisotopic (exact) mass is 277 g/mol. The number of rotatable bonds is 1. The maximum Gasteiger partial charge on any atom is 0.268 e. The molecule has 1 aromatic heterocycles. The Bertz CT molecular complexity index is 612. The van der Waals surface area contributed by atoms with Gasteiger partial charge in [0.15, 0.2) is 0 Å². The Labute approximate surface area is 113 Å². The van der Waals surface area contributed by atoms with Crippen molar-refractivity contribution < 1.29 is 14.3 Å². The van der Waals surface area contributed by atoms with Gasteiger partial charge in [-0.15, -0.1) is 11.3 Å². The minimum Gasteiger partial charge on any atom is -0.388 e. The number of thiophene rings is 1. The summed E-state index contributed by atoms with van der Waals surface area (Å²) in [5.74, 6) is -0.502. The third kappa shape index (κ3) is 2.15. The molecule has 1 aromatic carbocycles. The Morgan fingerprint density at radius 2 is 2.26 bits per heavy atom. The van der Waals surface area contributed by atoms with Crippen molar-refractivity contribution in [2.45, 2.75) is 12.5 Å². The van der Waals surface area contributed by atoms with Gasteiger partial charge in [-0.3, -0.25) is 4.79 Å². The Morgan fingerprint density at radius 1 is 1.42 bits per heavy atom. The van der Waals surface area contributed by atoms with E-state index in [9.17, 15) is 14.3 Å². The summed E-state index contributed by atoms with van der Waals surface area (Å²) in [6, 6.07) is 7.75. The molecular formula is C14H12FNO2S. The van der Waals surface area contributed by atoms with Gasteiger partial charge in [0.2, 0.25) is 0 Å². The second kappa shape index (κ2) is 4.75. The first kappa shape index (κ1) is 12.3. The van der Waals surface area contributed by atoms with Crippen molar-refractivity contribution in [3.05, 3.63) is 52.0 Å². The molecule has 0 saturated heterocycles. The van der Waals surface area contributed by atoms with E-state index in [1.165, 1.54) is 23.5 Å². The second-order valence-electron chi connectivity index (χ2n) is 4.44. The Balaban J connectivity index is 2.02. The van der Waals surface area contributed by atoms with Crippen LogP contribution in [-0.2, 0) is 0 Å². The summed E-state index contributed by atoms with van der Waals surface area (Å²) in [7, 11) is 0. The van der Waals surface area contributed by atoms with E-state index in [0.717, 1.165) is 0 Å². The lowest BCUT2D eigenvalue weighted by Crippen LogP contribution is -2.36. The highest BCUT2D eigenvalue weighted by molar-refractivity contribution is 7.12. The van der Waals surface area contributed by atoms with Crippen molar-refractivity contribution in [3.8, 4) is 0 Å². The van der Waals surface area contributed by atoms with E-state index in [2.05, 4.69) is 0 Å². The topological polar surface area (TPSA) is 40.5 Å². The SMILES string of the molecule is O=C(c1cccs1)N1CCC(O)c2cc(F)ccc21. The van der Waals surface area contributed by atoms with E-state index >= 15 is 0 Å². The molecule has 0 bridgehead atoms. The van der Waals surface area contributed by atoms with E-state index in [1.54, 1.807) is 17.0 Å². The minimum atomic E-state index is -0.710. The molecule has 2 heterocycles. The van der Waals surface area contributed by atoms with E-state index in [4.69, 9.17) is 0 Å². The molecule has 0 spiro atoms. The van der Waals surface area contributed by atoms with Crippen LogP contribution in [0.15, 0.2) is 35.7 Å². The van der Waals surface area contributed by atoms with Crippen LogP contribution in [0.1, 0.15) is 27.8 Å². The molecule has 0 radical (unpaired) electrons. The standard InChI is InChI=1S/C14H12FNO2S/c15-9-3-4-11-10(8-9)12(17)5-6-16(11)14(18)13-2-1-7-19-13/h1-4,7-8,12,17H,5-6H2. The number of anilines is 1. The van der Waals surface area contributed by atoms with Crippen molar-refractivity contribution in [1.82, 2.24) is 0 Å². The van der Waals surface area contributed by atoms with E-state index in [0.29, 0.717) is 29.1 Å². The molecule has 1 unspecified atom stereocenters. The number of amides is 1. The van der Waals surface area contributed by atoms with Gasteiger partial charge >= 0.3 is 0 Å². The predicted octanol–water partition coefficient (Wildman–Crippen LogP) is 2.97. The zero-order valence-corrected chi connectivity index (χ0v) is 10.9. The van der Waals surface area contributed by atoms with Crippen LogP contribution in [0, 0.1) is 5.82 Å². The van der Waals surface area contributed by atoms with Gasteiger partial charge in [0.1, 0.15) is 5.82 Å². The van der Waals surface area contributed by atoms with E-state index < -0.39 is 11.9 Å². The summed E-state index contributed by atoms with van der Waals surface area (Å²) in [5, 5.41) is 11.8. The minimum absolute atomic E-state index is 0.102. The lowest BCUT2D eigenvalue weighted by molar-refractivity contribution is 0.0974. The van der Waals surface area contributed by atoms with Crippen molar-refractivity contribution in [1.29, 1.82) is 0 Å². The molecule has 1 atom stereocenters. The number of halogens is 1. The van der Waals surface area contributed by atoms with Gasteiger partial charge in [0.25, 0.3) is 5.91 Å². The van der Waals surface area contributed by atoms with Crippen LogP contribution in [0.5, 0.6) is 0 Å². The summed E-state index contributed by atoms with van der Waals surface area (Å²) in [4.78, 5) is 14.6. The van der Waals surface area contributed by atoms with Crippen LogP contribution in [-0.4, -0.2) is 17.6 Å². The number of hydrogen-bond donors (Lipinski definition) is 1. The van der Waals surface area contributed by atoms with Crippen LogP contribution in [0.4, 0.5) is 10.1 Å². The number of carbonyl (C=O) groups is 1. The molecular weight excluding hydrogens is 265 g/mol. The summed E-state index contributed by atoms with van der Waals surface area (Å²) < 4.78 is 13.3. The fourth-order valence-corrected chi connectivity index (χ4v) is 2.98. The van der Waals surface area contributed by atoms with Gasteiger partial charge in [-0.1, -0.05) is 6.07 Å². The van der Waals surface area contributed by atoms with Gasteiger partial charge < -0.3 is 10.0 Å². The summed E-state index contributed by atoms with van der Waals surface area (Å²) >= 11 is 1.38. The van der Waals surface area contributed by atoms with Crippen molar-refractivity contribution in [3.63, 3.8) is 0 Å². The number of carbonyl (C=O) groups excluding carboxylic acids is 1. The summed E-state index contributed by atoms with van der Waals surface area (Å²) in [6.45, 7) is 0.441. The molecule has 0 saturated carbocycles. The van der Waals surface area contributed by atoms with Crippen molar-refractivity contribution in [2.75, 3.05) is 11.4 Å². The van der Waals surface area contributed by atoms with Crippen LogP contribution in [0.25, 0.3) is 0 Å². The van der Waals surface area contributed by atoms with Gasteiger partial charge in [0, 0.05) is 17.8 Å². The summed E-state index contributed by atoms with van der Waals surface area (Å²) in [5.41, 5.74) is 1.08. The van der Waals surface area contributed by atoms with Gasteiger partial charge in [-0.25, -0.2) is 4.39 Å². The van der Waals surface area contributed by atoms with Crippen LogP contribution in [0.3, 0.4) is 0 Å². The van der Waals surface area contributed by atoms with E-state index in [-0.39, 0.29) is 5.91 Å². The molecule has 1 aliphatic heterocycles. The van der Waals surface area contributed by atoms with E-state index in [1.807, 2.05) is 11.4 Å². The Kier molecular flexibility index (Phi) is 3.08. The number of fused-ring (bicyclic) bond motifs is 1. The number of aliphatic hydroxyl groups is 1. The van der Waals surface area contributed by atoms with Crippen molar-refractivity contribution >= 4 is 22.9 Å². The lowest BCUT2D eigenvalue weighted by Gasteiger charge is -2.32. The molecule has 3 nitrogen and oxygen atoms in total. The van der Waals surface area contributed by atoms with Crippen LogP contribution >= 0.6 is 11.3 Å². The number of hydrogen-bond acceptors (Lipinski definition) is 3. The molecule has 0 fully saturated rings. The molecule has 1 aliphatic rings. The summed E-state index contributed by atoms with van der Waals surface area (Å²) in [6.07, 6.45) is -0.286. The maximum atomic E-state index is 13.3. The van der Waals surface area contributed by atoms with Gasteiger partial charge in [0.05, 0.1) is 11.0 Å². The smallest absolute Gasteiger partial charge is 0.268 e. The average molecular weight is 277 g/mol. The number of aliphatic hydroxyl groups excluding tert-OH is 1. The Hall–Kier alpha value is -1.72. The van der Waals surface area contributed by atoms with Gasteiger partial charge in [-0.2, -0.15) is 0 Å². The lowest BCUT2D eigenvalue weighted by atomic mass is 9.98. The van der Waals surface area contributed by atoms with Crippen LogP contribution in [0.2, 0.25) is 0 Å². The number of nitrogens with zero attached hydrogens (tertiary/aromatic N) is 1. The van der Waals surface area contributed by atoms with Crippen molar-refractivity contribution in [2.24, 2.45) is 0 Å². The maximum absolute atomic E-state index is 13.3. The first-order chi connectivity index (χ1) is 9.16. The normalized spacial score (nSPS) is 18.2. The first-order valence-electron chi connectivity index (χ1n) is 5.99. The third-order valence-electron chi connectivity index (χ3n) is 3.24. The fraction of sp³-hybridized carbons (Fsp3) is 0.214. The highest BCUT2D eigenvalue weighted by Crippen LogP contribution is 2.35. The molecule has 2 aromatic rings. The fourth-order valence-electron chi connectivity index (χ4n) is 2.31. The highest BCUT2D eigenvalue weighted by atomic mass is 32.1. The molecule has 98 valence electrons. The average Bonchev–Trinajstić information content (AvgIpc) is 2.93. The Morgan fingerprint density at radius 3 is 3.00 bits per heavy atom. The molecule has 3 rings (SSSR count). The highest BCUT2D eigenvalue weighted by Gasteiger charge is 2.28. The molecule has 5 heteroatoms. The predicted molar refractivity (Wildman–Crippen MR) is 72.0 cm³/mol. The van der Waals surface area contributed by atoms with Crippen LogP contribution < -0.4 is 4.90 Å². The third-order valence-corrected chi connectivity index (χ3v) is 4.10. The second-order valence-corrected chi connectivity index (χ2v) is 5.39. The quantitative estimate of drug-likeness (QED) is 0.870. The largest absolute Gasteiger partial charge is 0.388 e. The molecule has 19 heavy (non-hydrogen) atoms. The molecule has 0 aliphatic carbocycles. The molecule has 1 N–H and O–H groups in total. The number of benzene rings is 1. The zero-order chi connectivity index (χ0) is 13.4. The first-order valence-corrected chi connectivity index (χ1v) is 6.87. The molecule has 1 amide bonds. The van der Waals surface area contributed by atoms with Gasteiger partial charge in [-0.05, 0) is 36.1 Å².